The van der Waals surface area contributed by atoms with Gasteiger partial charge in [0.05, 0.1) is 10.8 Å². The van der Waals surface area contributed by atoms with E-state index in [-0.39, 0.29) is 23.7 Å². The van der Waals surface area contributed by atoms with E-state index in [9.17, 15) is 4.79 Å². The molecule has 0 aromatic heterocycles. The van der Waals surface area contributed by atoms with E-state index in [1.165, 1.54) is 11.8 Å². The third kappa shape index (κ3) is 6.35. The minimum absolute atomic E-state index is 0.0583. The number of hydrogen-bond acceptors (Lipinski definition) is 3. The molecule has 20 heavy (non-hydrogen) atoms. The van der Waals surface area contributed by atoms with E-state index >= 15 is 0 Å². The first-order valence-corrected chi connectivity index (χ1v) is 8.03. The Balaban J connectivity index is 2.42. The highest BCUT2D eigenvalue weighted by Crippen LogP contribution is 2.29. The number of aliphatic hydroxyl groups is 1. The fraction of sp³-hybridized carbons (Fsp3) is 0.500. The second kappa shape index (κ2) is 8.13. The molecule has 1 aromatic rings. The summed E-state index contributed by atoms with van der Waals surface area (Å²) in [6.07, 6.45) is 0.653. The minimum Gasteiger partial charge on any atom is -0.396 e. The third-order valence-electron chi connectivity index (χ3n) is 2.80. The van der Waals surface area contributed by atoms with E-state index in [1.54, 1.807) is 18.2 Å². The van der Waals surface area contributed by atoms with Gasteiger partial charge in [0.2, 0.25) is 5.91 Å². The zero-order chi connectivity index (χ0) is 15.2. The topological polar surface area (TPSA) is 49.3 Å². The number of carbonyl (C=O) groups is 1. The van der Waals surface area contributed by atoms with Gasteiger partial charge in [0.25, 0.3) is 0 Å². The van der Waals surface area contributed by atoms with Crippen molar-refractivity contribution in [2.24, 2.45) is 5.41 Å². The van der Waals surface area contributed by atoms with Gasteiger partial charge in [-0.15, -0.1) is 11.8 Å². The van der Waals surface area contributed by atoms with Gasteiger partial charge in [-0.25, -0.2) is 0 Å². The first-order chi connectivity index (χ1) is 9.34. The molecule has 1 rings (SSSR count). The molecule has 0 bridgehead atoms. The van der Waals surface area contributed by atoms with Gasteiger partial charge in [0.15, 0.2) is 0 Å². The molecule has 0 unspecified atom stereocenters. The van der Waals surface area contributed by atoms with Crippen molar-refractivity contribution in [3.63, 3.8) is 0 Å². The number of benzene rings is 1. The fourth-order valence-corrected chi connectivity index (χ4v) is 2.83. The summed E-state index contributed by atoms with van der Waals surface area (Å²) in [5, 5.41) is 13.0. The largest absolute Gasteiger partial charge is 0.396 e. The first-order valence-electron chi connectivity index (χ1n) is 6.29. The lowest BCUT2D eigenvalue weighted by molar-refractivity contribution is -0.119. The van der Waals surface area contributed by atoms with Gasteiger partial charge in [-0.05, 0) is 30.0 Å². The number of aliphatic hydroxyl groups excluding tert-OH is 1. The van der Waals surface area contributed by atoms with Gasteiger partial charge in [-0.1, -0.05) is 37.0 Å². The van der Waals surface area contributed by atoms with Crippen LogP contribution in [-0.4, -0.2) is 29.9 Å². The molecule has 0 saturated heterocycles. The van der Waals surface area contributed by atoms with E-state index in [2.05, 4.69) is 5.32 Å². The highest BCUT2D eigenvalue weighted by atomic mass is 35.5. The van der Waals surface area contributed by atoms with Crippen LogP contribution in [0.1, 0.15) is 20.3 Å². The third-order valence-corrected chi connectivity index (χ3v) is 4.54. The molecule has 3 nitrogen and oxygen atoms in total. The smallest absolute Gasteiger partial charge is 0.230 e. The molecular formula is C14H19Cl2NO2S. The van der Waals surface area contributed by atoms with E-state index in [0.717, 1.165) is 4.90 Å². The molecule has 1 amide bonds. The van der Waals surface area contributed by atoms with Crippen molar-refractivity contribution in [3.8, 4) is 0 Å². The Labute approximate surface area is 134 Å². The maximum absolute atomic E-state index is 11.8. The second-order valence-electron chi connectivity index (χ2n) is 5.28. The summed E-state index contributed by atoms with van der Waals surface area (Å²) >= 11 is 13.3. The van der Waals surface area contributed by atoms with Crippen LogP contribution in [0.3, 0.4) is 0 Å². The van der Waals surface area contributed by atoms with Crippen molar-refractivity contribution in [1.29, 1.82) is 0 Å². The van der Waals surface area contributed by atoms with Crippen LogP contribution in [0.5, 0.6) is 0 Å². The molecule has 0 heterocycles. The summed E-state index contributed by atoms with van der Waals surface area (Å²) < 4.78 is 0. The highest BCUT2D eigenvalue weighted by molar-refractivity contribution is 8.00. The number of hydrogen-bond donors (Lipinski definition) is 2. The van der Waals surface area contributed by atoms with Gasteiger partial charge < -0.3 is 10.4 Å². The van der Waals surface area contributed by atoms with Crippen LogP contribution >= 0.6 is 35.0 Å². The minimum atomic E-state index is -0.108. The van der Waals surface area contributed by atoms with Crippen molar-refractivity contribution in [1.82, 2.24) is 5.32 Å². The summed E-state index contributed by atoms with van der Waals surface area (Å²) in [5.74, 6) is 0.229. The molecule has 0 fully saturated rings. The van der Waals surface area contributed by atoms with Gasteiger partial charge in [0, 0.05) is 23.1 Å². The predicted octanol–water partition coefficient (Wildman–Crippen LogP) is 3.61. The summed E-state index contributed by atoms with van der Waals surface area (Å²) in [6.45, 7) is 4.67. The summed E-state index contributed by atoms with van der Waals surface area (Å²) in [6, 6.07) is 5.18. The van der Waals surface area contributed by atoms with Crippen molar-refractivity contribution in [3.05, 3.63) is 28.2 Å². The molecule has 0 radical (unpaired) electrons. The molecule has 112 valence electrons. The maximum Gasteiger partial charge on any atom is 0.230 e. The summed E-state index contributed by atoms with van der Waals surface area (Å²) in [5.41, 5.74) is -0.108. The van der Waals surface area contributed by atoms with Crippen molar-refractivity contribution < 1.29 is 9.90 Å². The first kappa shape index (κ1) is 17.6. The van der Waals surface area contributed by atoms with Crippen LogP contribution in [0.25, 0.3) is 0 Å². The number of thioether (sulfide) groups is 1. The SMILES string of the molecule is CC(C)(CCO)CNC(=O)CSc1cc(Cl)ccc1Cl. The van der Waals surface area contributed by atoms with Crippen LogP contribution in [0.4, 0.5) is 0 Å². The highest BCUT2D eigenvalue weighted by Gasteiger charge is 2.18. The molecule has 2 N–H and O–H groups in total. The molecule has 0 aliphatic heterocycles. The lowest BCUT2D eigenvalue weighted by Gasteiger charge is -2.23. The van der Waals surface area contributed by atoms with Gasteiger partial charge in [0.1, 0.15) is 0 Å². The van der Waals surface area contributed by atoms with Crippen LogP contribution in [0.2, 0.25) is 10.0 Å². The maximum atomic E-state index is 11.8. The molecule has 0 aliphatic rings. The predicted molar refractivity (Wildman–Crippen MR) is 85.7 cm³/mol. The summed E-state index contributed by atoms with van der Waals surface area (Å²) in [4.78, 5) is 12.6. The molecule has 0 atom stereocenters. The molecule has 0 saturated carbocycles. The van der Waals surface area contributed by atoms with Gasteiger partial charge >= 0.3 is 0 Å². The Morgan fingerprint density at radius 3 is 2.75 bits per heavy atom. The average Bonchev–Trinajstić information content (AvgIpc) is 2.37. The molecule has 0 aliphatic carbocycles. The van der Waals surface area contributed by atoms with E-state index < -0.39 is 0 Å². The van der Waals surface area contributed by atoms with Crippen LogP contribution in [0.15, 0.2) is 23.1 Å². The standard InChI is InChI=1S/C14H19Cl2NO2S/c1-14(2,5-6-18)9-17-13(19)8-20-12-7-10(15)3-4-11(12)16/h3-4,7,18H,5-6,8-9H2,1-2H3,(H,17,19). The zero-order valence-corrected chi connectivity index (χ0v) is 13.9. The Morgan fingerprint density at radius 1 is 1.40 bits per heavy atom. The Bertz CT molecular complexity index is 466. The second-order valence-corrected chi connectivity index (χ2v) is 7.14. The van der Waals surface area contributed by atoms with E-state index in [4.69, 9.17) is 28.3 Å². The Morgan fingerprint density at radius 2 is 2.10 bits per heavy atom. The monoisotopic (exact) mass is 335 g/mol. The number of carbonyl (C=O) groups excluding carboxylic acids is 1. The molecule has 6 heteroatoms. The lowest BCUT2D eigenvalue weighted by Crippen LogP contribution is -2.35. The van der Waals surface area contributed by atoms with Crippen molar-refractivity contribution >= 4 is 40.9 Å². The fourth-order valence-electron chi connectivity index (χ4n) is 1.51. The van der Waals surface area contributed by atoms with Gasteiger partial charge in [-0.3, -0.25) is 4.79 Å². The molecular weight excluding hydrogens is 317 g/mol. The van der Waals surface area contributed by atoms with Crippen molar-refractivity contribution in [2.75, 3.05) is 18.9 Å². The summed E-state index contributed by atoms with van der Waals surface area (Å²) in [7, 11) is 0. The Kier molecular flexibility index (Phi) is 7.17. The van der Waals surface area contributed by atoms with Crippen LogP contribution in [-0.2, 0) is 4.79 Å². The van der Waals surface area contributed by atoms with Crippen LogP contribution in [0, 0.1) is 5.41 Å². The molecule has 1 aromatic carbocycles. The zero-order valence-electron chi connectivity index (χ0n) is 11.6. The lowest BCUT2D eigenvalue weighted by atomic mass is 9.90. The number of halogens is 2. The average molecular weight is 336 g/mol. The van der Waals surface area contributed by atoms with E-state index in [1.807, 2.05) is 13.8 Å². The quantitative estimate of drug-likeness (QED) is 0.748. The Hall–Kier alpha value is -0.420. The normalized spacial score (nSPS) is 11.4. The molecule has 0 spiro atoms. The van der Waals surface area contributed by atoms with Crippen LogP contribution < -0.4 is 5.32 Å². The van der Waals surface area contributed by atoms with Crippen molar-refractivity contribution in [2.45, 2.75) is 25.2 Å². The van der Waals surface area contributed by atoms with E-state index in [0.29, 0.717) is 23.0 Å². The van der Waals surface area contributed by atoms with Gasteiger partial charge in [-0.2, -0.15) is 0 Å². The number of amides is 1. The number of rotatable bonds is 7. The number of nitrogens with one attached hydrogen (secondary N) is 1.